The molecule has 0 aromatic heterocycles. The van der Waals surface area contributed by atoms with Gasteiger partial charge in [-0.05, 0) is 61.8 Å². The highest BCUT2D eigenvalue weighted by Crippen LogP contribution is 2.21. The van der Waals surface area contributed by atoms with Crippen LogP contribution >= 0.6 is 0 Å². The van der Waals surface area contributed by atoms with Crippen LogP contribution in [0.25, 0.3) is 0 Å². The molecule has 0 bridgehead atoms. The predicted molar refractivity (Wildman–Crippen MR) is 129 cm³/mol. The Labute approximate surface area is 186 Å². The summed E-state index contributed by atoms with van der Waals surface area (Å²) in [4.78, 5) is 9.00. The zero-order valence-corrected chi connectivity index (χ0v) is 18.7. The molecule has 0 saturated carbocycles. The van der Waals surface area contributed by atoms with Crippen molar-refractivity contribution in [1.82, 2.24) is 0 Å². The van der Waals surface area contributed by atoms with Crippen LogP contribution in [-0.4, -0.2) is 17.7 Å². The molecule has 3 rings (SSSR count). The first kappa shape index (κ1) is 24.2. The van der Waals surface area contributed by atoms with Gasteiger partial charge in [-0.2, -0.15) is 0 Å². The topological polar surface area (TPSA) is 46.5 Å². The lowest BCUT2D eigenvalue weighted by Gasteiger charge is -2.09. The second kappa shape index (κ2) is 14.0. The van der Waals surface area contributed by atoms with Crippen LogP contribution in [0.3, 0.4) is 0 Å². The van der Waals surface area contributed by atoms with E-state index < -0.39 is 5.97 Å². The zero-order valence-electron chi connectivity index (χ0n) is 18.7. The SMILES string of the molecule is CC(=O)O.CCc1ccc(OCC2=CC=CC(CCCC3=CCC=CC=C3)=CC2)cc1. The molecule has 1 N–H and O–H groups in total. The largest absolute Gasteiger partial charge is 0.489 e. The molecule has 164 valence electrons. The van der Waals surface area contributed by atoms with Crippen LogP contribution in [0.5, 0.6) is 5.75 Å². The maximum absolute atomic E-state index is 9.00. The van der Waals surface area contributed by atoms with Gasteiger partial charge in [0.25, 0.3) is 5.97 Å². The van der Waals surface area contributed by atoms with Crippen molar-refractivity contribution < 1.29 is 14.6 Å². The molecule has 3 heteroatoms. The van der Waals surface area contributed by atoms with Crippen molar-refractivity contribution in [3.05, 3.63) is 101 Å². The van der Waals surface area contributed by atoms with Gasteiger partial charge in [-0.25, -0.2) is 0 Å². The Morgan fingerprint density at radius 2 is 1.68 bits per heavy atom. The van der Waals surface area contributed by atoms with E-state index in [-0.39, 0.29) is 0 Å². The highest BCUT2D eigenvalue weighted by Gasteiger charge is 2.03. The van der Waals surface area contributed by atoms with E-state index in [4.69, 9.17) is 14.6 Å². The van der Waals surface area contributed by atoms with Crippen LogP contribution in [0.2, 0.25) is 0 Å². The van der Waals surface area contributed by atoms with Crippen LogP contribution in [0, 0.1) is 0 Å². The highest BCUT2D eigenvalue weighted by atomic mass is 16.5. The van der Waals surface area contributed by atoms with Gasteiger partial charge in [0.1, 0.15) is 12.4 Å². The maximum Gasteiger partial charge on any atom is 0.300 e. The first-order valence-electron chi connectivity index (χ1n) is 11.1. The van der Waals surface area contributed by atoms with Crippen LogP contribution < -0.4 is 4.74 Å². The van der Waals surface area contributed by atoms with Crippen LogP contribution in [0.15, 0.2) is 95.7 Å². The molecule has 0 amide bonds. The standard InChI is InChI=1S/C26H30O.C2H4O2/c1-2-22-17-19-26(20-18-22)27-21-25-14-8-13-24(15-16-25)12-7-11-23-9-5-3-4-6-10-23;1-2(3)4/h3-5,8-10,13-15,17-20H,2,6-7,11-12,16,21H2,1H3;1H3,(H,3,4). The molecule has 0 atom stereocenters. The zero-order chi connectivity index (χ0) is 22.3. The van der Waals surface area contributed by atoms with Gasteiger partial charge in [0.15, 0.2) is 0 Å². The highest BCUT2D eigenvalue weighted by molar-refractivity contribution is 5.62. The number of carboxylic acid groups (broad SMARTS) is 1. The number of hydrogen-bond donors (Lipinski definition) is 1. The van der Waals surface area contributed by atoms with Gasteiger partial charge in [-0.3, -0.25) is 4.79 Å². The Morgan fingerprint density at radius 1 is 1.00 bits per heavy atom. The van der Waals surface area contributed by atoms with Gasteiger partial charge in [0.2, 0.25) is 0 Å². The molecular weight excluding hydrogens is 384 g/mol. The Hall–Kier alpha value is -3.07. The minimum absolute atomic E-state index is 0.657. The smallest absolute Gasteiger partial charge is 0.300 e. The molecular formula is C28H34O3. The molecule has 2 aliphatic carbocycles. The van der Waals surface area contributed by atoms with Gasteiger partial charge in [0.05, 0.1) is 0 Å². The van der Waals surface area contributed by atoms with E-state index in [9.17, 15) is 0 Å². The third-order valence-corrected chi connectivity index (χ3v) is 5.03. The average Bonchev–Trinajstić information content (AvgIpc) is 3.15. The number of aliphatic carboxylic acids is 1. The van der Waals surface area contributed by atoms with Gasteiger partial charge in [-0.1, -0.05) is 84.9 Å². The molecule has 0 aliphatic heterocycles. The van der Waals surface area contributed by atoms with Gasteiger partial charge >= 0.3 is 0 Å². The van der Waals surface area contributed by atoms with Crippen molar-refractivity contribution in [2.45, 2.75) is 52.4 Å². The Bertz CT molecular complexity index is 873. The molecule has 3 nitrogen and oxygen atoms in total. The lowest BCUT2D eigenvalue weighted by molar-refractivity contribution is -0.134. The molecule has 0 fully saturated rings. The van der Waals surface area contributed by atoms with E-state index in [2.05, 4.69) is 85.9 Å². The lowest BCUT2D eigenvalue weighted by Crippen LogP contribution is -2.00. The van der Waals surface area contributed by atoms with Crippen molar-refractivity contribution in [3.8, 4) is 5.75 Å². The van der Waals surface area contributed by atoms with E-state index >= 15 is 0 Å². The summed E-state index contributed by atoms with van der Waals surface area (Å²) in [7, 11) is 0. The molecule has 0 saturated heterocycles. The van der Waals surface area contributed by atoms with Crippen molar-refractivity contribution in [2.24, 2.45) is 0 Å². The lowest BCUT2D eigenvalue weighted by atomic mass is 10.0. The molecule has 1 aromatic rings. The summed E-state index contributed by atoms with van der Waals surface area (Å²) in [6, 6.07) is 8.42. The fraction of sp³-hybridized carbons (Fsp3) is 0.321. The summed E-state index contributed by atoms with van der Waals surface area (Å²) in [6.07, 6.45) is 26.6. The molecule has 0 radical (unpaired) electrons. The van der Waals surface area contributed by atoms with Gasteiger partial charge in [0, 0.05) is 6.92 Å². The van der Waals surface area contributed by atoms with Gasteiger partial charge in [-0.15, -0.1) is 0 Å². The third-order valence-electron chi connectivity index (χ3n) is 5.03. The maximum atomic E-state index is 9.00. The summed E-state index contributed by atoms with van der Waals surface area (Å²) in [5.74, 6) is 0.116. The summed E-state index contributed by atoms with van der Waals surface area (Å²) in [5.41, 5.74) is 5.56. The van der Waals surface area contributed by atoms with Gasteiger partial charge < -0.3 is 9.84 Å². The molecule has 1 aromatic carbocycles. The molecule has 31 heavy (non-hydrogen) atoms. The first-order valence-corrected chi connectivity index (χ1v) is 11.1. The normalized spacial score (nSPS) is 15.0. The van der Waals surface area contributed by atoms with E-state index in [1.165, 1.54) is 28.7 Å². The summed E-state index contributed by atoms with van der Waals surface area (Å²) in [5, 5.41) is 7.42. The number of aryl methyl sites for hydroxylation is 1. The Kier molecular flexibility index (Phi) is 10.9. The number of carbonyl (C=O) groups is 1. The van der Waals surface area contributed by atoms with Crippen LogP contribution in [-0.2, 0) is 11.2 Å². The molecule has 0 spiro atoms. The average molecular weight is 419 g/mol. The molecule has 0 unspecified atom stereocenters. The van der Waals surface area contributed by atoms with Crippen LogP contribution in [0.1, 0.15) is 51.5 Å². The minimum atomic E-state index is -0.833. The van der Waals surface area contributed by atoms with E-state index in [0.717, 1.165) is 44.8 Å². The first-order chi connectivity index (χ1) is 15.1. The van der Waals surface area contributed by atoms with E-state index in [1.807, 2.05) is 0 Å². The quantitative estimate of drug-likeness (QED) is 0.488. The number of hydrogen-bond acceptors (Lipinski definition) is 2. The third kappa shape index (κ3) is 10.5. The molecule has 0 heterocycles. The number of allylic oxidation sites excluding steroid dienone is 11. The monoisotopic (exact) mass is 418 g/mol. The van der Waals surface area contributed by atoms with Crippen molar-refractivity contribution in [3.63, 3.8) is 0 Å². The van der Waals surface area contributed by atoms with Crippen molar-refractivity contribution >= 4 is 5.97 Å². The second-order valence-corrected chi connectivity index (χ2v) is 7.63. The fourth-order valence-corrected chi connectivity index (χ4v) is 3.30. The van der Waals surface area contributed by atoms with Crippen molar-refractivity contribution in [2.75, 3.05) is 6.61 Å². The van der Waals surface area contributed by atoms with Crippen molar-refractivity contribution in [1.29, 1.82) is 0 Å². The number of rotatable bonds is 8. The Balaban J connectivity index is 0.000000785. The number of carboxylic acids is 1. The minimum Gasteiger partial charge on any atom is -0.489 e. The number of benzene rings is 1. The van der Waals surface area contributed by atoms with E-state index in [0.29, 0.717) is 6.61 Å². The summed E-state index contributed by atoms with van der Waals surface area (Å²) in [6.45, 7) is 3.91. The van der Waals surface area contributed by atoms with Crippen LogP contribution in [0.4, 0.5) is 0 Å². The number of ether oxygens (including phenoxy) is 1. The van der Waals surface area contributed by atoms with E-state index in [1.54, 1.807) is 0 Å². The summed E-state index contributed by atoms with van der Waals surface area (Å²) < 4.78 is 5.96. The summed E-state index contributed by atoms with van der Waals surface area (Å²) >= 11 is 0. The second-order valence-electron chi connectivity index (χ2n) is 7.63. The Morgan fingerprint density at radius 3 is 2.39 bits per heavy atom. The molecule has 2 aliphatic rings. The fourth-order valence-electron chi connectivity index (χ4n) is 3.30. The predicted octanol–water partition coefficient (Wildman–Crippen LogP) is 7.14.